The molecule has 0 unspecified atom stereocenters. The van der Waals surface area contributed by atoms with Crippen LogP contribution >= 0.6 is 11.6 Å². The van der Waals surface area contributed by atoms with Crippen molar-refractivity contribution < 1.29 is 19.0 Å². The van der Waals surface area contributed by atoms with Crippen LogP contribution in [0.5, 0.6) is 11.6 Å². The molecule has 0 aliphatic rings. The van der Waals surface area contributed by atoms with Gasteiger partial charge in [-0.2, -0.15) is 0 Å². The Labute approximate surface area is 165 Å². The van der Waals surface area contributed by atoms with Crippen molar-refractivity contribution in [1.82, 2.24) is 9.97 Å². The Morgan fingerprint density at radius 3 is 2.68 bits per heavy atom. The summed E-state index contributed by atoms with van der Waals surface area (Å²) in [7, 11) is 0. The van der Waals surface area contributed by atoms with Crippen molar-refractivity contribution in [2.75, 3.05) is 0 Å². The summed E-state index contributed by atoms with van der Waals surface area (Å²) in [6, 6.07) is 13.0. The summed E-state index contributed by atoms with van der Waals surface area (Å²) >= 11 is 5.68. The van der Waals surface area contributed by atoms with E-state index in [2.05, 4.69) is 9.97 Å². The van der Waals surface area contributed by atoms with Crippen LogP contribution in [0.3, 0.4) is 0 Å². The van der Waals surface area contributed by atoms with Crippen molar-refractivity contribution in [3.8, 4) is 22.9 Å². The molecule has 1 aromatic carbocycles. The lowest BCUT2D eigenvalue weighted by Crippen LogP contribution is -2.26. The van der Waals surface area contributed by atoms with Gasteiger partial charge in [-0.15, -0.1) is 0 Å². The Balaban J connectivity index is 1.72. The summed E-state index contributed by atoms with van der Waals surface area (Å²) in [5, 5.41) is 9.00. The van der Waals surface area contributed by atoms with Gasteiger partial charge in [0.2, 0.25) is 0 Å². The summed E-state index contributed by atoms with van der Waals surface area (Å²) in [5.74, 6) is -1.34. The van der Waals surface area contributed by atoms with Gasteiger partial charge in [0, 0.05) is 29.9 Å². The maximum absolute atomic E-state index is 13.8. The van der Waals surface area contributed by atoms with Crippen LogP contribution in [0.1, 0.15) is 12.1 Å². The van der Waals surface area contributed by atoms with Crippen LogP contribution in [-0.2, 0) is 11.2 Å². The van der Waals surface area contributed by atoms with Crippen molar-refractivity contribution >= 4 is 17.6 Å². The van der Waals surface area contributed by atoms with Gasteiger partial charge >= 0.3 is 5.97 Å². The largest absolute Gasteiger partial charge is 0.481 e. The molecular weight excluding hydrogens is 385 g/mol. The van der Waals surface area contributed by atoms with Gasteiger partial charge in [0.05, 0.1) is 17.1 Å². The number of aromatic nitrogens is 2. The zero-order valence-electron chi connectivity index (χ0n) is 14.7. The highest BCUT2D eigenvalue weighted by molar-refractivity contribution is 6.30. The molecule has 3 rings (SSSR count). The molecule has 1 atom stereocenters. The highest BCUT2D eigenvalue weighted by Gasteiger charge is 2.11. The standard InChI is InChI=1S/C20H17ClFN3O3/c21-13-8-17(22)20(24-11-13)28-16-6-4-12(5-7-16)18-3-1-2-15(25-18)9-14(23)10-19(26)27/h1-8,11,14H,9-10,23H2,(H,26,27)/t14-/m0/s1. The summed E-state index contributed by atoms with van der Waals surface area (Å²) in [4.78, 5) is 19.1. The number of aliphatic carboxylic acids is 1. The summed E-state index contributed by atoms with van der Waals surface area (Å²) in [5.41, 5.74) is 8.07. The van der Waals surface area contributed by atoms with Crippen molar-refractivity contribution in [2.24, 2.45) is 5.73 Å². The van der Waals surface area contributed by atoms with Gasteiger partial charge in [0.1, 0.15) is 5.75 Å². The normalized spacial score (nSPS) is 11.8. The van der Waals surface area contributed by atoms with E-state index in [9.17, 15) is 9.18 Å². The average Bonchev–Trinajstić information content (AvgIpc) is 2.64. The van der Waals surface area contributed by atoms with E-state index in [4.69, 9.17) is 27.2 Å². The molecule has 0 spiro atoms. The zero-order chi connectivity index (χ0) is 20.1. The van der Waals surface area contributed by atoms with Crippen LogP contribution in [0.4, 0.5) is 4.39 Å². The quantitative estimate of drug-likeness (QED) is 0.619. The monoisotopic (exact) mass is 401 g/mol. The third-order valence-electron chi connectivity index (χ3n) is 3.85. The molecule has 0 fully saturated rings. The minimum absolute atomic E-state index is 0.118. The van der Waals surface area contributed by atoms with Crippen LogP contribution in [0.15, 0.2) is 54.7 Å². The third-order valence-corrected chi connectivity index (χ3v) is 4.06. The molecule has 0 aliphatic carbocycles. The van der Waals surface area contributed by atoms with Crippen molar-refractivity contribution in [1.29, 1.82) is 0 Å². The molecule has 0 saturated carbocycles. The first-order valence-electron chi connectivity index (χ1n) is 8.43. The van der Waals surface area contributed by atoms with E-state index < -0.39 is 17.8 Å². The Morgan fingerprint density at radius 2 is 2.00 bits per heavy atom. The number of benzene rings is 1. The predicted octanol–water partition coefficient (Wildman–Crippen LogP) is 4.07. The minimum Gasteiger partial charge on any atom is -0.481 e. The van der Waals surface area contributed by atoms with E-state index in [0.29, 0.717) is 23.6 Å². The molecule has 0 saturated heterocycles. The Morgan fingerprint density at radius 1 is 1.25 bits per heavy atom. The number of halogens is 2. The topological polar surface area (TPSA) is 98.3 Å². The number of hydrogen-bond donors (Lipinski definition) is 2. The number of carboxylic acids is 1. The highest BCUT2D eigenvalue weighted by atomic mass is 35.5. The van der Waals surface area contributed by atoms with E-state index in [-0.39, 0.29) is 17.3 Å². The number of pyridine rings is 2. The molecule has 6 nitrogen and oxygen atoms in total. The zero-order valence-corrected chi connectivity index (χ0v) is 15.4. The number of rotatable bonds is 7. The Hall–Kier alpha value is -3.03. The molecule has 2 aromatic heterocycles. The van der Waals surface area contributed by atoms with Crippen molar-refractivity contribution in [2.45, 2.75) is 18.9 Å². The molecule has 2 heterocycles. The van der Waals surface area contributed by atoms with Crippen LogP contribution < -0.4 is 10.5 Å². The van der Waals surface area contributed by atoms with Crippen LogP contribution in [0.25, 0.3) is 11.3 Å². The Kier molecular flexibility index (Phi) is 6.18. The first-order valence-corrected chi connectivity index (χ1v) is 8.81. The second-order valence-corrected chi connectivity index (χ2v) is 6.58. The minimum atomic E-state index is -0.939. The van der Waals surface area contributed by atoms with Gasteiger partial charge in [0.25, 0.3) is 5.88 Å². The molecule has 0 bridgehead atoms. The van der Waals surface area contributed by atoms with Crippen molar-refractivity contribution in [3.05, 3.63) is 71.3 Å². The lowest BCUT2D eigenvalue weighted by molar-refractivity contribution is -0.137. The van der Waals surface area contributed by atoms with Crippen LogP contribution in [0, 0.1) is 5.82 Å². The highest BCUT2D eigenvalue weighted by Crippen LogP contribution is 2.26. The Bertz CT molecular complexity index is 983. The lowest BCUT2D eigenvalue weighted by Gasteiger charge is -2.10. The van der Waals surface area contributed by atoms with E-state index in [0.717, 1.165) is 11.6 Å². The van der Waals surface area contributed by atoms with E-state index in [1.807, 2.05) is 12.1 Å². The number of ether oxygens (including phenoxy) is 1. The van der Waals surface area contributed by atoms with Gasteiger partial charge < -0.3 is 15.6 Å². The predicted molar refractivity (Wildman–Crippen MR) is 103 cm³/mol. The maximum atomic E-state index is 13.8. The van der Waals surface area contributed by atoms with Crippen LogP contribution in [0.2, 0.25) is 5.02 Å². The van der Waals surface area contributed by atoms with Gasteiger partial charge in [-0.3, -0.25) is 9.78 Å². The average molecular weight is 402 g/mol. The number of carboxylic acid groups (broad SMARTS) is 1. The molecule has 144 valence electrons. The maximum Gasteiger partial charge on any atom is 0.304 e. The van der Waals surface area contributed by atoms with E-state index in [1.54, 1.807) is 30.3 Å². The lowest BCUT2D eigenvalue weighted by atomic mass is 10.1. The second-order valence-electron chi connectivity index (χ2n) is 6.14. The fraction of sp³-hybridized carbons (Fsp3) is 0.150. The van der Waals surface area contributed by atoms with E-state index in [1.165, 1.54) is 6.20 Å². The van der Waals surface area contributed by atoms with Gasteiger partial charge in [-0.1, -0.05) is 17.7 Å². The number of nitrogens with zero attached hydrogens (tertiary/aromatic N) is 2. The molecular formula is C20H17ClFN3O3. The van der Waals surface area contributed by atoms with Gasteiger partial charge in [-0.25, -0.2) is 9.37 Å². The van der Waals surface area contributed by atoms with Gasteiger partial charge in [0.15, 0.2) is 5.82 Å². The summed E-state index contributed by atoms with van der Waals surface area (Å²) in [6.45, 7) is 0. The summed E-state index contributed by atoms with van der Waals surface area (Å²) < 4.78 is 19.2. The third kappa shape index (κ3) is 5.25. The van der Waals surface area contributed by atoms with Crippen molar-refractivity contribution in [3.63, 3.8) is 0 Å². The van der Waals surface area contributed by atoms with Gasteiger partial charge in [-0.05, 0) is 42.5 Å². The second kappa shape index (κ2) is 8.77. The SMILES string of the molecule is N[C@H](CC(=O)O)Cc1cccc(-c2ccc(Oc3ncc(Cl)cc3F)cc2)n1. The fourth-order valence-electron chi connectivity index (χ4n) is 2.60. The van der Waals surface area contributed by atoms with Crippen LogP contribution in [-0.4, -0.2) is 27.1 Å². The van der Waals surface area contributed by atoms with E-state index >= 15 is 0 Å². The number of hydrogen-bond acceptors (Lipinski definition) is 5. The molecule has 3 N–H and O–H groups in total. The fourth-order valence-corrected chi connectivity index (χ4v) is 2.75. The molecule has 0 aliphatic heterocycles. The first kappa shape index (κ1) is 19.7. The number of nitrogens with two attached hydrogens (primary N) is 1. The molecule has 3 aromatic rings. The first-order chi connectivity index (χ1) is 13.4. The smallest absolute Gasteiger partial charge is 0.304 e. The molecule has 8 heteroatoms. The molecule has 0 radical (unpaired) electrons. The summed E-state index contributed by atoms with van der Waals surface area (Å²) in [6.07, 6.45) is 1.55. The molecule has 28 heavy (non-hydrogen) atoms. The number of carbonyl (C=O) groups is 1. The molecule has 0 amide bonds.